The van der Waals surface area contributed by atoms with Crippen molar-refractivity contribution >= 4 is 52.7 Å². The highest BCUT2D eigenvalue weighted by Gasteiger charge is 2.53. The number of benzene rings is 2. The molecule has 2 aromatic rings. The van der Waals surface area contributed by atoms with Crippen LogP contribution in [0.25, 0.3) is 0 Å². The summed E-state index contributed by atoms with van der Waals surface area (Å²) in [5, 5.41) is 2.22. The van der Waals surface area contributed by atoms with Gasteiger partial charge in [0.15, 0.2) is 16.6 Å². The molecule has 0 fully saturated rings. The first-order chi connectivity index (χ1) is 16.7. The molecule has 0 N–H and O–H groups in total. The first kappa shape index (κ1) is 31.3. The lowest BCUT2D eigenvalue weighted by atomic mass is 10.4. The normalized spacial score (nSPS) is 14.9. The van der Waals surface area contributed by atoms with Gasteiger partial charge in [-0.05, 0) is 68.3 Å². The monoisotopic (exact) mass is 576 g/mol. The molecule has 2 rings (SSSR count). The summed E-state index contributed by atoms with van der Waals surface area (Å²) in [7, 11) is -12.5. The third-order valence-corrected chi connectivity index (χ3v) is 26.5. The Bertz CT molecular complexity index is 914. The van der Waals surface area contributed by atoms with E-state index in [1.807, 2.05) is 5.70 Å². The van der Waals surface area contributed by atoms with Crippen LogP contribution in [0.3, 0.4) is 0 Å². The first-order valence-corrected chi connectivity index (χ1v) is 26.5. The van der Waals surface area contributed by atoms with Crippen LogP contribution < -0.4 is 10.4 Å². The van der Waals surface area contributed by atoms with E-state index in [2.05, 4.69) is 127 Å². The van der Waals surface area contributed by atoms with Gasteiger partial charge in [-0.3, -0.25) is 0 Å². The molecule has 0 spiro atoms. The zero-order chi connectivity index (χ0) is 27.1. The average Bonchev–Trinajstić information content (AvgIpc) is 2.82. The number of rotatable bonds is 15. The minimum absolute atomic E-state index is 1.05. The zero-order valence-electron chi connectivity index (χ0n) is 24.0. The Morgan fingerprint density at radius 3 is 1.58 bits per heavy atom. The van der Waals surface area contributed by atoms with Crippen LogP contribution in [0.5, 0.6) is 0 Å². The molecule has 0 radical (unpaired) electrons. The van der Waals surface area contributed by atoms with Gasteiger partial charge in [0.05, 0.1) is 0 Å². The van der Waals surface area contributed by atoms with Crippen molar-refractivity contribution in [1.29, 1.82) is 0 Å². The largest absolute Gasteiger partial charge is 0.436 e. The summed E-state index contributed by atoms with van der Waals surface area (Å²) in [5.41, 5.74) is 1.92. The fourth-order valence-electron chi connectivity index (χ4n) is 4.42. The maximum Gasteiger partial charge on any atom is 0.388 e. The van der Waals surface area contributed by atoms with Crippen LogP contribution >= 0.6 is 0 Å². The molecule has 9 heteroatoms. The maximum atomic E-state index is 7.38. The molecular weight excluding hydrogens is 529 g/mol. The Morgan fingerprint density at radius 2 is 1.17 bits per heavy atom. The van der Waals surface area contributed by atoms with E-state index >= 15 is 0 Å². The van der Waals surface area contributed by atoms with Gasteiger partial charge in [-0.1, -0.05) is 93.1 Å². The van der Waals surface area contributed by atoms with Crippen LogP contribution in [0.4, 0.5) is 0 Å². The Balaban J connectivity index is 2.65. The molecule has 0 aromatic heterocycles. The number of hydrogen-bond acceptors (Lipinski definition) is 4. The second-order valence-corrected chi connectivity index (χ2v) is 30.5. The lowest BCUT2D eigenvalue weighted by Gasteiger charge is -2.45. The van der Waals surface area contributed by atoms with Gasteiger partial charge in [0, 0.05) is 0 Å². The summed E-state index contributed by atoms with van der Waals surface area (Å²) >= 11 is 0. The van der Waals surface area contributed by atoms with Crippen LogP contribution in [-0.2, 0) is 16.5 Å². The standard InChI is InChI=1S/C27H48O4Si5/c1-11-14-25-33(6,7)29-36(26-21-17-15-18-22-26,27-23-19-16-20-24-27)31-35(10,13-3)30-34(8,9)28-32(4,5)12-2/h13,15-24H,3,11-12,14,25H2,1-2,4-10H3. The van der Waals surface area contributed by atoms with E-state index in [0.29, 0.717) is 0 Å². The van der Waals surface area contributed by atoms with Crippen molar-refractivity contribution < 1.29 is 16.5 Å². The van der Waals surface area contributed by atoms with Crippen molar-refractivity contribution in [3.8, 4) is 0 Å². The Labute approximate surface area is 226 Å². The molecule has 4 nitrogen and oxygen atoms in total. The summed E-state index contributed by atoms with van der Waals surface area (Å²) in [6.07, 6.45) is 2.31. The topological polar surface area (TPSA) is 36.9 Å². The summed E-state index contributed by atoms with van der Waals surface area (Å²) < 4.78 is 28.4. The third kappa shape index (κ3) is 8.85. The second-order valence-electron chi connectivity index (χ2n) is 11.4. The van der Waals surface area contributed by atoms with Crippen LogP contribution in [0, 0.1) is 0 Å². The van der Waals surface area contributed by atoms with Crippen molar-refractivity contribution in [3.63, 3.8) is 0 Å². The molecule has 1 atom stereocenters. The predicted octanol–water partition coefficient (Wildman–Crippen LogP) is 7.04. The molecule has 0 saturated carbocycles. The van der Waals surface area contributed by atoms with Gasteiger partial charge in [0.1, 0.15) is 0 Å². The molecule has 200 valence electrons. The van der Waals surface area contributed by atoms with Crippen molar-refractivity contribution in [3.05, 3.63) is 72.9 Å². The quantitative estimate of drug-likeness (QED) is 0.213. The minimum Gasteiger partial charge on any atom is -0.436 e. The van der Waals surface area contributed by atoms with Gasteiger partial charge in [-0.2, -0.15) is 0 Å². The van der Waals surface area contributed by atoms with Crippen molar-refractivity contribution in [2.45, 2.75) is 84.6 Å². The molecule has 1 unspecified atom stereocenters. The van der Waals surface area contributed by atoms with E-state index in [-0.39, 0.29) is 0 Å². The van der Waals surface area contributed by atoms with Gasteiger partial charge < -0.3 is 16.5 Å². The minimum atomic E-state index is -3.15. The number of hydrogen-bond donors (Lipinski definition) is 0. The van der Waals surface area contributed by atoms with Gasteiger partial charge >= 0.3 is 25.7 Å². The molecule has 0 aliphatic heterocycles. The van der Waals surface area contributed by atoms with Crippen molar-refractivity contribution in [1.82, 2.24) is 0 Å². The average molecular weight is 577 g/mol. The van der Waals surface area contributed by atoms with E-state index in [9.17, 15) is 0 Å². The van der Waals surface area contributed by atoms with Crippen molar-refractivity contribution in [2.24, 2.45) is 0 Å². The van der Waals surface area contributed by atoms with Gasteiger partial charge in [-0.15, -0.1) is 6.58 Å². The molecule has 0 heterocycles. The SMILES string of the molecule is C=C[Si](C)(O[Si](C)(C)O[Si](C)(C)CC)O[Si](O[Si](C)(C)CCCC)(c1ccccc1)c1ccccc1. The van der Waals surface area contributed by atoms with Gasteiger partial charge in [0.25, 0.3) is 0 Å². The van der Waals surface area contributed by atoms with E-state index in [1.54, 1.807) is 0 Å². The Kier molecular flexibility index (Phi) is 11.1. The van der Waals surface area contributed by atoms with Crippen LogP contribution in [0.1, 0.15) is 26.7 Å². The van der Waals surface area contributed by atoms with Gasteiger partial charge in [-0.25, -0.2) is 0 Å². The highest BCUT2D eigenvalue weighted by atomic mass is 28.5. The molecular formula is C27H48O4Si5. The molecule has 36 heavy (non-hydrogen) atoms. The molecule has 0 aliphatic rings. The predicted molar refractivity (Wildman–Crippen MR) is 167 cm³/mol. The smallest absolute Gasteiger partial charge is 0.388 e. The van der Waals surface area contributed by atoms with E-state index in [0.717, 1.165) is 35.3 Å². The molecule has 0 amide bonds. The maximum absolute atomic E-state index is 7.38. The van der Waals surface area contributed by atoms with Crippen LogP contribution in [0.15, 0.2) is 72.9 Å². The summed E-state index contributed by atoms with van der Waals surface area (Å²) in [5.74, 6) is 0. The fraction of sp³-hybridized carbons (Fsp3) is 0.481. The third-order valence-electron chi connectivity index (χ3n) is 6.40. The summed E-state index contributed by atoms with van der Waals surface area (Å²) in [6, 6.07) is 23.2. The lowest BCUT2D eigenvalue weighted by molar-refractivity contribution is 0.310. The molecule has 0 aliphatic carbocycles. The summed E-state index contributed by atoms with van der Waals surface area (Å²) in [4.78, 5) is 0. The highest BCUT2D eigenvalue weighted by Crippen LogP contribution is 2.29. The zero-order valence-corrected chi connectivity index (χ0v) is 29.0. The number of unbranched alkanes of at least 4 members (excludes halogenated alkanes) is 1. The summed E-state index contributed by atoms with van der Waals surface area (Å²) in [6.45, 7) is 24.2. The van der Waals surface area contributed by atoms with Crippen LogP contribution in [0.2, 0.25) is 57.9 Å². The van der Waals surface area contributed by atoms with E-state index in [4.69, 9.17) is 16.5 Å². The molecule has 0 saturated heterocycles. The van der Waals surface area contributed by atoms with Crippen LogP contribution in [-0.4, -0.2) is 42.3 Å². The fourth-order valence-corrected chi connectivity index (χ4v) is 27.0. The van der Waals surface area contributed by atoms with E-state index < -0.39 is 42.3 Å². The second kappa shape index (κ2) is 12.8. The Morgan fingerprint density at radius 1 is 0.667 bits per heavy atom. The molecule has 0 bridgehead atoms. The highest BCUT2D eigenvalue weighted by molar-refractivity contribution is 7.03. The van der Waals surface area contributed by atoms with Crippen molar-refractivity contribution in [2.75, 3.05) is 0 Å². The lowest BCUT2D eigenvalue weighted by Crippen LogP contribution is -2.71. The molecule has 2 aromatic carbocycles. The Hall–Kier alpha value is -0.896. The van der Waals surface area contributed by atoms with Gasteiger partial charge in [0.2, 0.25) is 0 Å². The first-order valence-electron chi connectivity index (χ1n) is 13.3. The van der Waals surface area contributed by atoms with E-state index in [1.165, 1.54) is 0 Å².